The van der Waals surface area contributed by atoms with Gasteiger partial charge in [-0.2, -0.15) is 0 Å². The summed E-state index contributed by atoms with van der Waals surface area (Å²) < 4.78 is 0.958. The van der Waals surface area contributed by atoms with Crippen LogP contribution >= 0.6 is 24.0 Å². The second-order valence-corrected chi connectivity index (χ2v) is 5.52. The van der Waals surface area contributed by atoms with Crippen LogP contribution < -0.4 is 56.7 Å². The maximum atomic E-state index is 5.02. The zero-order valence-corrected chi connectivity index (χ0v) is 12.4. The molecule has 11 heavy (non-hydrogen) atoms. The molecule has 0 saturated carbocycles. The van der Waals surface area contributed by atoms with E-state index in [1.165, 1.54) is 0 Å². The maximum absolute atomic E-state index is 5.02. The number of hydrogen-bond donors (Lipinski definition) is 1. The first-order chi connectivity index (χ1) is 4.50. The molecule has 4 heteroatoms. The van der Waals surface area contributed by atoms with Crippen molar-refractivity contribution in [3.63, 3.8) is 0 Å². The van der Waals surface area contributed by atoms with Crippen LogP contribution in [0.4, 0.5) is 0 Å². The molecule has 0 aromatic rings. The van der Waals surface area contributed by atoms with E-state index in [0.717, 1.165) is 10.9 Å². The fraction of sp³-hybridized carbons (Fsp3) is 0.857. The standard InChI is InChI=1S/C7H13NS2.K.H/c1-7(2,3)5-4-8-6(9)10-5;;/h5H,4H2,1-3H3,(H,8,9);;/q;+1;-1. The van der Waals surface area contributed by atoms with Crippen molar-refractivity contribution in [2.45, 2.75) is 26.0 Å². The summed E-state index contributed by atoms with van der Waals surface area (Å²) in [7, 11) is 0. The summed E-state index contributed by atoms with van der Waals surface area (Å²) in [5.41, 5.74) is 0.373. The monoisotopic (exact) mass is 215 g/mol. The SMILES string of the molecule is CC(C)(C)C1CNC(=S)S1.[H-].[K+]. The van der Waals surface area contributed by atoms with Gasteiger partial charge in [-0.15, -0.1) is 0 Å². The quantitative estimate of drug-likeness (QED) is 0.417. The van der Waals surface area contributed by atoms with Crippen LogP contribution in [0.25, 0.3) is 0 Å². The Labute approximate surface area is 122 Å². The zero-order chi connectivity index (χ0) is 7.78. The molecular formula is C7H14KNS2. The number of thiocarbonyl (C=S) groups is 1. The smallest absolute Gasteiger partial charge is 1.00 e. The molecule has 1 fully saturated rings. The molecule has 0 aliphatic carbocycles. The van der Waals surface area contributed by atoms with Gasteiger partial charge in [-0.3, -0.25) is 0 Å². The van der Waals surface area contributed by atoms with Crippen molar-refractivity contribution in [2.75, 3.05) is 6.54 Å². The van der Waals surface area contributed by atoms with Crippen LogP contribution in [0.3, 0.4) is 0 Å². The van der Waals surface area contributed by atoms with Gasteiger partial charge in [-0.05, 0) is 5.41 Å². The molecule has 0 aromatic heterocycles. The molecule has 1 rings (SSSR count). The average molecular weight is 215 g/mol. The van der Waals surface area contributed by atoms with E-state index in [4.69, 9.17) is 12.2 Å². The summed E-state index contributed by atoms with van der Waals surface area (Å²) in [6.45, 7) is 7.79. The molecule has 1 atom stereocenters. The van der Waals surface area contributed by atoms with Crippen molar-refractivity contribution in [3.05, 3.63) is 0 Å². The van der Waals surface area contributed by atoms with Gasteiger partial charge in [0.2, 0.25) is 0 Å². The minimum absolute atomic E-state index is 0. The third-order valence-corrected chi connectivity index (χ3v) is 3.60. The first-order valence-electron chi connectivity index (χ1n) is 3.44. The van der Waals surface area contributed by atoms with Crippen LogP contribution in [0.2, 0.25) is 0 Å². The normalized spacial score (nSPS) is 24.3. The predicted molar refractivity (Wildman–Crippen MR) is 52.5 cm³/mol. The van der Waals surface area contributed by atoms with Crippen LogP contribution in [0, 0.1) is 5.41 Å². The van der Waals surface area contributed by atoms with Crippen LogP contribution in [0.15, 0.2) is 0 Å². The van der Waals surface area contributed by atoms with Gasteiger partial charge in [-0.25, -0.2) is 0 Å². The molecule has 0 amide bonds. The van der Waals surface area contributed by atoms with Crippen LogP contribution in [0.1, 0.15) is 22.2 Å². The Balaban J connectivity index is 0. The number of nitrogens with one attached hydrogen (secondary N) is 1. The second-order valence-electron chi connectivity index (χ2n) is 3.64. The largest absolute Gasteiger partial charge is 1.00 e. The minimum atomic E-state index is 0. The number of rotatable bonds is 0. The van der Waals surface area contributed by atoms with Gasteiger partial charge in [-0.1, -0.05) is 44.8 Å². The molecular weight excluding hydrogens is 201 g/mol. The van der Waals surface area contributed by atoms with E-state index in [-0.39, 0.29) is 52.8 Å². The summed E-state index contributed by atoms with van der Waals surface area (Å²) in [6.07, 6.45) is 0. The molecule has 0 spiro atoms. The molecule has 1 aliphatic heterocycles. The van der Waals surface area contributed by atoms with Gasteiger partial charge in [0.1, 0.15) is 4.32 Å². The van der Waals surface area contributed by atoms with E-state index in [1.807, 2.05) is 0 Å². The van der Waals surface area contributed by atoms with Crippen molar-refractivity contribution in [1.29, 1.82) is 0 Å². The van der Waals surface area contributed by atoms with Crippen LogP contribution in [-0.4, -0.2) is 16.1 Å². The summed E-state index contributed by atoms with van der Waals surface area (Å²) >= 11 is 6.81. The van der Waals surface area contributed by atoms with Crippen LogP contribution in [-0.2, 0) is 0 Å². The second kappa shape index (κ2) is 4.93. The van der Waals surface area contributed by atoms with Crippen molar-refractivity contribution < 1.29 is 52.8 Å². The third kappa shape index (κ3) is 4.07. The van der Waals surface area contributed by atoms with Gasteiger partial charge >= 0.3 is 51.4 Å². The maximum Gasteiger partial charge on any atom is 1.00 e. The van der Waals surface area contributed by atoms with Gasteiger partial charge in [0.25, 0.3) is 0 Å². The van der Waals surface area contributed by atoms with E-state index in [1.54, 1.807) is 11.8 Å². The molecule has 1 nitrogen and oxygen atoms in total. The zero-order valence-electron chi connectivity index (χ0n) is 8.60. The Morgan fingerprint density at radius 2 is 2.18 bits per heavy atom. The van der Waals surface area contributed by atoms with Crippen molar-refractivity contribution >= 4 is 28.3 Å². The van der Waals surface area contributed by atoms with E-state index in [0.29, 0.717) is 10.7 Å². The molecule has 1 unspecified atom stereocenters. The summed E-state index contributed by atoms with van der Waals surface area (Å²) in [4.78, 5) is 0. The number of hydrogen-bond acceptors (Lipinski definition) is 2. The van der Waals surface area contributed by atoms with Crippen LogP contribution in [0.5, 0.6) is 0 Å². The molecule has 1 aliphatic rings. The Kier molecular flexibility index (Phi) is 5.77. The first kappa shape index (κ1) is 12.9. The molecule has 0 bridgehead atoms. The van der Waals surface area contributed by atoms with Gasteiger partial charge in [0, 0.05) is 11.8 Å². The van der Waals surface area contributed by atoms with Crippen molar-refractivity contribution in [3.8, 4) is 0 Å². The fourth-order valence-electron chi connectivity index (χ4n) is 0.872. The van der Waals surface area contributed by atoms with Gasteiger partial charge in [0.15, 0.2) is 0 Å². The summed E-state index contributed by atoms with van der Waals surface area (Å²) in [5.74, 6) is 0. The molecule has 1 saturated heterocycles. The molecule has 1 N–H and O–H groups in total. The van der Waals surface area contributed by atoms with Crippen molar-refractivity contribution in [1.82, 2.24) is 5.32 Å². The Morgan fingerprint density at radius 3 is 2.36 bits per heavy atom. The Hall–Kier alpha value is 1.88. The molecule has 0 aromatic carbocycles. The number of thioether (sulfide) groups is 1. The predicted octanol–water partition coefficient (Wildman–Crippen LogP) is -0.861. The average Bonchev–Trinajstić information content (AvgIpc) is 2.11. The molecule has 1 heterocycles. The summed E-state index contributed by atoms with van der Waals surface area (Å²) in [5, 5.41) is 3.82. The van der Waals surface area contributed by atoms with E-state index in [2.05, 4.69) is 26.1 Å². The van der Waals surface area contributed by atoms with E-state index in [9.17, 15) is 0 Å². The molecule has 0 radical (unpaired) electrons. The first-order valence-corrected chi connectivity index (χ1v) is 4.73. The summed E-state index contributed by atoms with van der Waals surface area (Å²) in [6, 6.07) is 0. The van der Waals surface area contributed by atoms with Gasteiger partial charge in [0.05, 0.1) is 0 Å². The topological polar surface area (TPSA) is 12.0 Å². The Bertz CT molecular complexity index is 158. The van der Waals surface area contributed by atoms with E-state index < -0.39 is 0 Å². The van der Waals surface area contributed by atoms with Crippen molar-refractivity contribution in [2.24, 2.45) is 5.41 Å². The van der Waals surface area contributed by atoms with Gasteiger partial charge < -0.3 is 6.74 Å². The third-order valence-electron chi connectivity index (χ3n) is 1.65. The van der Waals surface area contributed by atoms with E-state index >= 15 is 0 Å². The fourth-order valence-corrected chi connectivity index (χ4v) is 2.25. The molecule has 60 valence electrons. The Morgan fingerprint density at radius 1 is 1.64 bits per heavy atom. The minimum Gasteiger partial charge on any atom is -1.00 e.